The molecule has 0 aromatic heterocycles. The van der Waals surface area contributed by atoms with Gasteiger partial charge in [0.05, 0.1) is 5.69 Å². The molecular formula is C16H15NOS. The molecule has 0 N–H and O–H groups in total. The molecule has 0 fully saturated rings. The molecule has 2 aromatic carbocycles. The van der Waals surface area contributed by atoms with E-state index < -0.39 is 0 Å². The number of benzene rings is 2. The van der Waals surface area contributed by atoms with Gasteiger partial charge in [-0.2, -0.15) is 0 Å². The minimum Gasteiger partial charge on any atom is -0.280 e. The predicted octanol–water partition coefficient (Wildman–Crippen LogP) is 4.09. The zero-order valence-corrected chi connectivity index (χ0v) is 11.6. The number of para-hydroxylation sites is 2. The Labute approximate surface area is 117 Å². The van der Waals surface area contributed by atoms with Crippen molar-refractivity contribution in [2.75, 3.05) is 10.7 Å². The van der Waals surface area contributed by atoms with Crippen LogP contribution >= 0.6 is 11.8 Å². The van der Waals surface area contributed by atoms with Gasteiger partial charge in [-0.3, -0.25) is 9.69 Å². The van der Waals surface area contributed by atoms with Crippen molar-refractivity contribution in [3.05, 3.63) is 54.6 Å². The largest absolute Gasteiger partial charge is 0.280 e. The first-order valence-corrected chi connectivity index (χ1v) is 7.37. The summed E-state index contributed by atoms with van der Waals surface area (Å²) < 4.78 is 0. The van der Waals surface area contributed by atoms with Crippen molar-refractivity contribution >= 4 is 29.0 Å². The van der Waals surface area contributed by atoms with Crippen molar-refractivity contribution < 1.29 is 4.79 Å². The molecule has 0 spiro atoms. The highest BCUT2D eigenvalue weighted by Gasteiger charge is 2.28. The second kappa shape index (κ2) is 5.10. The maximum Gasteiger partial charge on any atom is 0.235 e. The normalized spacial score (nSPS) is 18.9. The first kappa shape index (κ1) is 12.3. The molecule has 3 rings (SSSR count). The highest BCUT2D eigenvalue weighted by atomic mass is 32.2. The lowest BCUT2D eigenvalue weighted by Gasteiger charge is -2.24. The van der Waals surface area contributed by atoms with Crippen LogP contribution in [0, 0.1) is 5.92 Å². The van der Waals surface area contributed by atoms with E-state index in [9.17, 15) is 4.79 Å². The van der Waals surface area contributed by atoms with Crippen LogP contribution in [-0.2, 0) is 4.79 Å². The Balaban J connectivity index is 2.16. The monoisotopic (exact) mass is 269 g/mol. The molecule has 0 aliphatic carbocycles. The van der Waals surface area contributed by atoms with E-state index in [0.717, 1.165) is 17.1 Å². The van der Waals surface area contributed by atoms with Gasteiger partial charge in [-0.1, -0.05) is 37.3 Å². The van der Waals surface area contributed by atoms with Crippen molar-refractivity contribution in [2.24, 2.45) is 5.92 Å². The standard InChI is InChI=1S/C16H15NOS/c1-12-11-19-15-10-6-5-9-14(15)17(16(12)18)13-7-3-2-4-8-13/h2-10,12H,11H2,1H3. The van der Waals surface area contributed by atoms with Crippen LogP contribution in [0.15, 0.2) is 59.5 Å². The average molecular weight is 269 g/mol. The van der Waals surface area contributed by atoms with Gasteiger partial charge in [-0.25, -0.2) is 0 Å². The number of hydrogen-bond acceptors (Lipinski definition) is 2. The molecule has 1 atom stereocenters. The fraction of sp³-hybridized carbons (Fsp3) is 0.188. The molecule has 0 radical (unpaired) electrons. The topological polar surface area (TPSA) is 20.3 Å². The third kappa shape index (κ3) is 2.26. The molecule has 1 unspecified atom stereocenters. The summed E-state index contributed by atoms with van der Waals surface area (Å²) in [4.78, 5) is 15.6. The molecule has 1 heterocycles. The van der Waals surface area contributed by atoms with Crippen LogP contribution in [0.1, 0.15) is 6.92 Å². The van der Waals surface area contributed by atoms with Gasteiger partial charge in [0.2, 0.25) is 5.91 Å². The molecule has 1 amide bonds. The van der Waals surface area contributed by atoms with Gasteiger partial charge in [0.15, 0.2) is 0 Å². The molecule has 3 heteroatoms. The highest BCUT2D eigenvalue weighted by molar-refractivity contribution is 7.99. The lowest BCUT2D eigenvalue weighted by Crippen LogP contribution is -2.30. The van der Waals surface area contributed by atoms with E-state index in [1.54, 1.807) is 11.8 Å². The first-order chi connectivity index (χ1) is 9.27. The number of fused-ring (bicyclic) bond motifs is 1. The van der Waals surface area contributed by atoms with Crippen molar-refractivity contribution in [3.8, 4) is 0 Å². The van der Waals surface area contributed by atoms with Gasteiger partial charge >= 0.3 is 0 Å². The van der Waals surface area contributed by atoms with Crippen LogP contribution in [0.4, 0.5) is 11.4 Å². The molecule has 2 nitrogen and oxygen atoms in total. The molecule has 96 valence electrons. The van der Waals surface area contributed by atoms with Crippen molar-refractivity contribution in [1.82, 2.24) is 0 Å². The summed E-state index contributed by atoms with van der Waals surface area (Å²) in [7, 11) is 0. The van der Waals surface area contributed by atoms with Gasteiger partial charge in [0.25, 0.3) is 0 Å². The summed E-state index contributed by atoms with van der Waals surface area (Å²) >= 11 is 1.76. The molecule has 0 saturated heterocycles. The predicted molar refractivity (Wildman–Crippen MR) is 79.9 cm³/mol. The quantitative estimate of drug-likeness (QED) is 0.777. The number of amides is 1. The van der Waals surface area contributed by atoms with E-state index in [0.29, 0.717) is 0 Å². The Kier molecular flexibility index (Phi) is 3.30. The number of thioether (sulfide) groups is 1. The second-order valence-electron chi connectivity index (χ2n) is 4.69. The van der Waals surface area contributed by atoms with Crippen LogP contribution in [0.2, 0.25) is 0 Å². The van der Waals surface area contributed by atoms with E-state index >= 15 is 0 Å². The lowest BCUT2D eigenvalue weighted by atomic mass is 10.1. The molecule has 19 heavy (non-hydrogen) atoms. The van der Waals surface area contributed by atoms with Gasteiger partial charge in [-0.05, 0) is 24.3 Å². The van der Waals surface area contributed by atoms with E-state index in [4.69, 9.17) is 0 Å². The van der Waals surface area contributed by atoms with E-state index in [1.165, 1.54) is 4.90 Å². The van der Waals surface area contributed by atoms with Gasteiger partial charge < -0.3 is 0 Å². The second-order valence-corrected chi connectivity index (χ2v) is 5.75. The van der Waals surface area contributed by atoms with E-state index in [1.807, 2.05) is 60.4 Å². The Hall–Kier alpha value is -1.74. The third-order valence-corrected chi connectivity index (χ3v) is 4.57. The van der Waals surface area contributed by atoms with Crippen LogP contribution in [0.25, 0.3) is 0 Å². The zero-order valence-electron chi connectivity index (χ0n) is 10.7. The van der Waals surface area contributed by atoms with Gasteiger partial charge in [0.1, 0.15) is 0 Å². The molecular weight excluding hydrogens is 254 g/mol. The SMILES string of the molecule is CC1CSc2ccccc2N(c2ccccc2)C1=O. The Morgan fingerprint density at radius 3 is 2.53 bits per heavy atom. The average Bonchev–Trinajstić information content (AvgIpc) is 2.58. The number of hydrogen-bond donors (Lipinski definition) is 0. The summed E-state index contributed by atoms with van der Waals surface area (Å²) in [5.74, 6) is 1.03. The van der Waals surface area contributed by atoms with Crippen LogP contribution in [0.3, 0.4) is 0 Å². The minimum absolute atomic E-state index is 0.0256. The molecule has 2 aromatic rings. The molecule has 1 aliphatic heterocycles. The summed E-state index contributed by atoms with van der Waals surface area (Å²) in [6, 6.07) is 18.0. The number of nitrogens with zero attached hydrogens (tertiary/aromatic N) is 1. The Bertz CT molecular complexity index is 597. The minimum atomic E-state index is 0.0256. The van der Waals surface area contributed by atoms with Crippen LogP contribution in [-0.4, -0.2) is 11.7 Å². The summed E-state index contributed by atoms with van der Waals surface area (Å²) in [5.41, 5.74) is 1.93. The van der Waals surface area contributed by atoms with Crippen molar-refractivity contribution in [1.29, 1.82) is 0 Å². The smallest absolute Gasteiger partial charge is 0.235 e. The Morgan fingerprint density at radius 1 is 1.05 bits per heavy atom. The maximum absolute atomic E-state index is 12.6. The fourth-order valence-corrected chi connectivity index (χ4v) is 3.29. The van der Waals surface area contributed by atoms with Gasteiger partial charge in [-0.15, -0.1) is 11.8 Å². The first-order valence-electron chi connectivity index (χ1n) is 6.38. The molecule has 0 bridgehead atoms. The van der Waals surface area contributed by atoms with Crippen LogP contribution in [0.5, 0.6) is 0 Å². The van der Waals surface area contributed by atoms with Crippen molar-refractivity contribution in [3.63, 3.8) is 0 Å². The lowest BCUT2D eigenvalue weighted by molar-refractivity contribution is -0.120. The fourth-order valence-electron chi connectivity index (χ4n) is 2.23. The van der Waals surface area contributed by atoms with Gasteiger partial charge in [0, 0.05) is 22.3 Å². The third-order valence-electron chi connectivity index (χ3n) is 3.25. The number of rotatable bonds is 1. The summed E-state index contributed by atoms with van der Waals surface area (Å²) in [6.07, 6.45) is 0. The summed E-state index contributed by atoms with van der Waals surface area (Å²) in [5, 5.41) is 0. The highest BCUT2D eigenvalue weighted by Crippen LogP contribution is 2.39. The molecule has 0 saturated carbocycles. The van der Waals surface area contributed by atoms with E-state index in [-0.39, 0.29) is 11.8 Å². The number of carbonyl (C=O) groups is 1. The Morgan fingerprint density at radius 2 is 1.74 bits per heavy atom. The van der Waals surface area contributed by atoms with E-state index in [2.05, 4.69) is 6.07 Å². The number of carbonyl (C=O) groups excluding carboxylic acids is 1. The summed E-state index contributed by atoms with van der Waals surface area (Å²) in [6.45, 7) is 2.00. The zero-order chi connectivity index (χ0) is 13.2. The van der Waals surface area contributed by atoms with Crippen molar-refractivity contribution in [2.45, 2.75) is 11.8 Å². The molecule has 1 aliphatic rings. The number of anilines is 2. The van der Waals surface area contributed by atoms with Crippen LogP contribution < -0.4 is 4.90 Å². The maximum atomic E-state index is 12.6.